The van der Waals surface area contributed by atoms with E-state index in [0.29, 0.717) is 13.0 Å². The number of hydrogen-bond donors (Lipinski definition) is 0. The molecule has 0 aliphatic carbocycles. The molecule has 1 saturated heterocycles. The zero-order valence-electron chi connectivity index (χ0n) is 9.88. The third-order valence-electron chi connectivity index (χ3n) is 3.05. The lowest BCUT2D eigenvalue weighted by Gasteiger charge is -2.19. The summed E-state index contributed by atoms with van der Waals surface area (Å²) in [5.41, 5.74) is -0.126. The zero-order chi connectivity index (χ0) is 14.0. The van der Waals surface area contributed by atoms with Gasteiger partial charge in [0.15, 0.2) is 0 Å². The minimum absolute atomic E-state index is 0.0141. The molecule has 0 radical (unpaired) electrons. The van der Waals surface area contributed by atoms with Crippen LogP contribution in [0.25, 0.3) is 0 Å². The molecule has 0 spiro atoms. The van der Waals surface area contributed by atoms with E-state index in [-0.39, 0.29) is 22.2 Å². The molecule has 1 atom stereocenters. The van der Waals surface area contributed by atoms with Crippen LogP contribution in [0.15, 0.2) is 18.2 Å². The summed E-state index contributed by atoms with van der Waals surface area (Å²) in [6, 6.07) is 5.51. The van der Waals surface area contributed by atoms with Crippen LogP contribution in [-0.2, 0) is 0 Å². The molecule has 1 heterocycles. The molecule has 1 aliphatic rings. The van der Waals surface area contributed by atoms with Gasteiger partial charge < -0.3 is 4.90 Å². The lowest BCUT2D eigenvalue weighted by atomic mass is 10.1. The van der Waals surface area contributed by atoms with Gasteiger partial charge in [-0.1, -0.05) is 11.6 Å². The van der Waals surface area contributed by atoms with Gasteiger partial charge in [0.05, 0.1) is 11.0 Å². The van der Waals surface area contributed by atoms with Gasteiger partial charge in [0.2, 0.25) is 0 Å². The molecule has 1 aromatic rings. The average molecular weight is 280 g/mol. The number of carbonyl (C=O) groups is 1. The lowest BCUT2D eigenvalue weighted by Crippen LogP contribution is -2.34. The fourth-order valence-corrected chi connectivity index (χ4v) is 2.28. The highest BCUT2D eigenvalue weighted by Crippen LogP contribution is 2.27. The maximum absolute atomic E-state index is 12.2. The van der Waals surface area contributed by atoms with E-state index in [1.807, 2.05) is 0 Å². The number of nitriles is 1. The molecule has 1 fully saturated rings. The second-order valence-electron chi connectivity index (χ2n) is 4.21. The molecule has 1 aliphatic heterocycles. The number of carbonyl (C=O) groups excluding carboxylic acids is 1. The van der Waals surface area contributed by atoms with Gasteiger partial charge in [0.25, 0.3) is 11.6 Å². The van der Waals surface area contributed by atoms with Crippen LogP contribution < -0.4 is 0 Å². The second-order valence-corrected chi connectivity index (χ2v) is 4.62. The number of halogens is 1. The topological polar surface area (TPSA) is 87.2 Å². The Kier molecular flexibility index (Phi) is 3.67. The van der Waals surface area contributed by atoms with Gasteiger partial charge in [-0.25, -0.2) is 0 Å². The Morgan fingerprint density at radius 1 is 1.58 bits per heavy atom. The number of amides is 1. The minimum atomic E-state index is -0.634. The summed E-state index contributed by atoms with van der Waals surface area (Å²) in [4.78, 5) is 23.8. The SMILES string of the molecule is N#CC1CCCN1C(=O)c1ccc(Cl)c([N+](=O)[O-])c1. The summed E-state index contributed by atoms with van der Waals surface area (Å²) in [7, 11) is 0. The van der Waals surface area contributed by atoms with Crippen LogP contribution in [0.4, 0.5) is 5.69 Å². The fraction of sp³-hybridized carbons (Fsp3) is 0.333. The molecule has 0 saturated carbocycles. The Balaban J connectivity index is 2.32. The molecule has 19 heavy (non-hydrogen) atoms. The summed E-state index contributed by atoms with van der Waals surface area (Å²) >= 11 is 5.69. The highest BCUT2D eigenvalue weighted by Gasteiger charge is 2.30. The molecule has 7 heteroatoms. The van der Waals surface area contributed by atoms with Crippen LogP contribution in [0.2, 0.25) is 5.02 Å². The maximum Gasteiger partial charge on any atom is 0.288 e. The number of nitro benzene ring substituents is 1. The van der Waals surface area contributed by atoms with E-state index in [1.54, 1.807) is 0 Å². The molecule has 0 aromatic heterocycles. The van der Waals surface area contributed by atoms with E-state index in [0.717, 1.165) is 12.5 Å². The summed E-state index contributed by atoms with van der Waals surface area (Å²) < 4.78 is 0. The monoisotopic (exact) mass is 279 g/mol. The fourth-order valence-electron chi connectivity index (χ4n) is 2.10. The van der Waals surface area contributed by atoms with Crippen LogP contribution in [0.5, 0.6) is 0 Å². The highest BCUT2D eigenvalue weighted by atomic mass is 35.5. The van der Waals surface area contributed by atoms with E-state index in [1.165, 1.54) is 17.0 Å². The first-order valence-corrected chi connectivity index (χ1v) is 6.07. The summed E-state index contributed by atoms with van der Waals surface area (Å²) in [6.07, 6.45) is 1.40. The van der Waals surface area contributed by atoms with Gasteiger partial charge in [-0.2, -0.15) is 5.26 Å². The van der Waals surface area contributed by atoms with E-state index >= 15 is 0 Å². The Morgan fingerprint density at radius 3 is 2.95 bits per heavy atom. The first-order valence-electron chi connectivity index (χ1n) is 5.69. The molecule has 6 nitrogen and oxygen atoms in total. The third kappa shape index (κ3) is 2.51. The summed E-state index contributed by atoms with van der Waals surface area (Å²) in [5.74, 6) is -0.371. The smallest absolute Gasteiger partial charge is 0.288 e. The minimum Gasteiger partial charge on any atom is -0.323 e. The van der Waals surface area contributed by atoms with Crippen molar-refractivity contribution in [2.45, 2.75) is 18.9 Å². The maximum atomic E-state index is 12.2. The largest absolute Gasteiger partial charge is 0.323 e. The Labute approximate surface area is 114 Å². The lowest BCUT2D eigenvalue weighted by molar-refractivity contribution is -0.384. The van der Waals surface area contributed by atoms with E-state index in [4.69, 9.17) is 16.9 Å². The van der Waals surface area contributed by atoms with Gasteiger partial charge >= 0.3 is 0 Å². The molecule has 1 aromatic carbocycles. The third-order valence-corrected chi connectivity index (χ3v) is 3.37. The number of hydrogen-bond acceptors (Lipinski definition) is 4. The van der Waals surface area contributed by atoms with Crippen molar-refractivity contribution >= 4 is 23.2 Å². The Hall–Kier alpha value is -2.13. The van der Waals surface area contributed by atoms with Crippen molar-refractivity contribution in [3.8, 4) is 6.07 Å². The quantitative estimate of drug-likeness (QED) is 0.614. The Bertz CT molecular complexity index is 582. The normalized spacial score (nSPS) is 18.1. The molecule has 2 rings (SSSR count). The molecular weight excluding hydrogens is 270 g/mol. The standard InChI is InChI=1S/C12H10ClN3O3/c13-10-4-3-8(6-11(10)16(18)19)12(17)15-5-1-2-9(15)7-14/h3-4,6,9H,1-2,5H2. The molecule has 0 bridgehead atoms. The number of benzene rings is 1. The van der Waals surface area contributed by atoms with Crippen molar-refractivity contribution in [1.29, 1.82) is 5.26 Å². The first-order chi connectivity index (χ1) is 9.04. The Morgan fingerprint density at radius 2 is 2.32 bits per heavy atom. The molecule has 1 unspecified atom stereocenters. The van der Waals surface area contributed by atoms with Crippen molar-refractivity contribution in [2.75, 3.05) is 6.54 Å². The van der Waals surface area contributed by atoms with E-state index in [9.17, 15) is 14.9 Å². The van der Waals surface area contributed by atoms with Crippen LogP contribution in [0.3, 0.4) is 0 Å². The van der Waals surface area contributed by atoms with Crippen LogP contribution in [-0.4, -0.2) is 28.3 Å². The summed E-state index contributed by atoms with van der Waals surface area (Å²) in [5, 5.41) is 19.7. The molecule has 0 N–H and O–H groups in total. The van der Waals surface area contributed by atoms with E-state index in [2.05, 4.69) is 6.07 Å². The van der Waals surface area contributed by atoms with Crippen molar-refractivity contribution < 1.29 is 9.72 Å². The molecule has 1 amide bonds. The molecule has 98 valence electrons. The van der Waals surface area contributed by atoms with Crippen LogP contribution in [0.1, 0.15) is 23.2 Å². The van der Waals surface area contributed by atoms with Crippen molar-refractivity contribution in [1.82, 2.24) is 4.90 Å². The predicted octanol–water partition coefficient (Wildman–Crippen LogP) is 2.38. The predicted molar refractivity (Wildman–Crippen MR) is 67.8 cm³/mol. The van der Waals surface area contributed by atoms with Gasteiger partial charge in [0.1, 0.15) is 11.1 Å². The van der Waals surface area contributed by atoms with Crippen LogP contribution >= 0.6 is 11.6 Å². The molecular formula is C12H10ClN3O3. The zero-order valence-corrected chi connectivity index (χ0v) is 10.6. The number of nitro groups is 1. The van der Waals surface area contributed by atoms with Crippen molar-refractivity contribution in [3.05, 3.63) is 38.9 Å². The number of likely N-dealkylation sites (tertiary alicyclic amines) is 1. The van der Waals surface area contributed by atoms with Crippen molar-refractivity contribution in [3.63, 3.8) is 0 Å². The van der Waals surface area contributed by atoms with Crippen LogP contribution in [0, 0.1) is 21.4 Å². The van der Waals surface area contributed by atoms with Gasteiger partial charge in [-0.15, -0.1) is 0 Å². The van der Waals surface area contributed by atoms with E-state index < -0.39 is 11.0 Å². The second kappa shape index (κ2) is 5.24. The number of nitrogens with zero attached hydrogens (tertiary/aromatic N) is 3. The first kappa shape index (κ1) is 13.3. The van der Waals surface area contributed by atoms with Crippen molar-refractivity contribution in [2.24, 2.45) is 0 Å². The summed E-state index contributed by atoms with van der Waals surface area (Å²) in [6.45, 7) is 0.494. The highest BCUT2D eigenvalue weighted by molar-refractivity contribution is 6.32. The van der Waals surface area contributed by atoms with Gasteiger partial charge in [-0.3, -0.25) is 14.9 Å². The van der Waals surface area contributed by atoms with Gasteiger partial charge in [-0.05, 0) is 25.0 Å². The van der Waals surface area contributed by atoms with Gasteiger partial charge in [0, 0.05) is 18.2 Å². The number of rotatable bonds is 2. The average Bonchev–Trinajstić information content (AvgIpc) is 2.86.